The first kappa shape index (κ1) is 13.1. The van der Waals surface area contributed by atoms with Gasteiger partial charge in [-0.2, -0.15) is 0 Å². The van der Waals surface area contributed by atoms with Crippen LogP contribution in [-0.2, 0) is 5.41 Å². The highest BCUT2D eigenvalue weighted by Gasteiger charge is 2.52. The van der Waals surface area contributed by atoms with Crippen molar-refractivity contribution in [3.05, 3.63) is 11.1 Å². The van der Waals surface area contributed by atoms with Crippen LogP contribution in [-0.4, -0.2) is 11.5 Å². The molecule has 0 spiro atoms. The minimum atomic E-state index is 0.461. The number of nitrogens with one attached hydrogen (secondary N) is 1. The van der Waals surface area contributed by atoms with Crippen LogP contribution in [0.2, 0.25) is 0 Å². The van der Waals surface area contributed by atoms with Crippen molar-refractivity contribution in [2.75, 3.05) is 11.9 Å². The van der Waals surface area contributed by atoms with Crippen LogP contribution in [0.5, 0.6) is 0 Å². The standard InChI is InChI=1S/C17H26N2S/c1-11(2)9-18-16-19-15(10-20-16)17-6-12-3-13(7-17)5-14(4-12)8-17/h10-14H,3-9H2,1-2H3,(H,18,19). The molecule has 4 bridgehead atoms. The van der Waals surface area contributed by atoms with Crippen LogP contribution in [0.1, 0.15) is 58.1 Å². The fraction of sp³-hybridized carbons (Fsp3) is 0.824. The summed E-state index contributed by atoms with van der Waals surface area (Å²) in [5.74, 6) is 3.71. The van der Waals surface area contributed by atoms with Crippen LogP contribution in [0.25, 0.3) is 0 Å². The number of hydrogen-bond acceptors (Lipinski definition) is 3. The Labute approximate surface area is 126 Å². The molecule has 4 aliphatic carbocycles. The molecular weight excluding hydrogens is 264 g/mol. The average Bonchev–Trinajstić information content (AvgIpc) is 2.84. The highest BCUT2D eigenvalue weighted by Crippen LogP contribution is 2.60. The summed E-state index contributed by atoms with van der Waals surface area (Å²) < 4.78 is 0. The van der Waals surface area contributed by atoms with Gasteiger partial charge in [-0.25, -0.2) is 4.98 Å². The molecule has 4 saturated carbocycles. The van der Waals surface area contributed by atoms with Gasteiger partial charge in [-0.3, -0.25) is 0 Å². The Balaban J connectivity index is 1.55. The fourth-order valence-corrected chi connectivity index (χ4v) is 6.16. The van der Waals surface area contributed by atoms with Crippen molar-refractivity contribution < 1.29 is 0 Å². The number of anilines is 1. The summed E-state index contributed by atoms with van der Waals surface area (Å²) in [6, 6.07) is 0. The van der Waals surface area contributed by atoms with Gasteiger partial charge in [-0.1, -0.05) is 13.8 Å². The Hall–Kier alpha value is -0.570. The van der Waals surface area contributed by atoms with E-state index in [9.17, 15) is 0 Å². The zero-order chi connectivity index (χ0) is 13.7. The molecule has 3 heteroatoms. The highest BCUT2D eigenvalue weighted by molar-refractivity contribution is 7.13. The molecule has 4 fully saturated rings. The first-order valence-corrected chi connectivity index (χ1v) is 9.21. The van der Waals surface area contributed by atoms with Crippen molar-refractivity contribution in [3.8, 4) is 0 Å². The van der Waals surface area contributed by atoms with E-state index in [1.807, 2.05) is 11.3 Å². The first-order valence-electron chi connectivity index (χ1n) is 8.33. The lowest BCUT2D eigenvalue weighted by molar-refractivity contribution is -0.00688. The molecule has 2 nitrogen and oxygen atoms in total. The number of hydrogen-bond donors (Lipinski definition) is 1. The summed E-state index contributed by atoms with van der Waals surface area (Å²) in [5, 5.41) is 7.00. The average molecular weight is 290 g/mol. The molecule has 0 unspecified atom stereocenters. The minimum Gasteiger partial charge on any atom is -0.361 e. The van der Waals surface area contributed by atoms with Crippen LogP contribution in [0.3, 0.4) is 0 Å². The summed E-state index contributed by atoms with van der Waals surface area (Å²) >= 11 is 1.82. The molecule has 1 aromatic heterocycles. The lowest BCUT2D eigenvalue weighted by Gasteiger charge is -2.56. The number of rotatable bonds is 4. The molecule has 0 aliphatic heterocycles. The van der Waals surface area contributed by atoms with E-state index in [2.05, 4.69) is 24.5 Å². The van der Waals surface area contributed by atoms with Gasteiger partial charge in [0.2, 0.25) is 0 Å². The van der Waals surface area contributed by atoms with Crippen molar-refractivity contribution >= 4 is 16.5 Å². The third kappa shape index (κ3) is 2.18. The van der Waals surface area contributed by atoms with E-state index in [0.29, 0.717) is 11.3 Å². The van der Waals surface area contributed by atoms with E-state index in [4.69, 9.17) is 4.98 Å². The van der Waals surface area contributed by atoms with E-state index < -0.39 is 0 Å². The second kappa shape index (κ2) is 4.72. The van der Waals surface area contributed by atoms with Crippen molar-refractivity contribution in [3.63, 3.8) is 0 Å². The Morgan fingerprint density at radius 3 is 2.35 bits per heavy atom. The van der Waals surface area contributed by atoms with Gasteiger partial charge in [0.1, 0.15) is 0 Å². The van der Waals surface area contributed by atoms with E-state index >= 15 is 0 Å². The van der Waals surface area contributed by atoms with Crippen LogP contribution in [0.15, 0.2) is 5.38 Å². The predicted octanol–water partition coefficient (Wildman–Crippen LogP) is 4.68. The second-order valence-corrected chi connectivity index (χ2v) is 8.87. The van der Waals surface area contributed by atoms with Crippen molar-refractivity contribution in [2.45, 2.75) is 57.8 Å². The Morgan fingerprint density at radius 1 is 1.20 bits per heavy atom. The predicted molar refractivity (Wildman–Crippen MR) is 85.3 cm³/mol. The summed E-state index contributed by atoms with van der Waals surface area (Å²) in [7, 11) is 0. The molecule has 4 aliphatic rings. The third-order valence-electron chi connectivity index (χ3n) is 5.75. The lowest BCUT2D eigenvalue weighted by Crippen LogP contribution is -2.48. The number of aromatic nitrogens is 1. The van der Waals surface area contributed by atoms with Gasteiger partial charge >= 0.3 is 0 Å². The van der Waals surface area contributed by atoms with Gasteiger partial charge in [0.25, 0.3) is 0 Å². The molecule has 0 aromatic carbocycles. The number of nitrogens with zero attached hydrogens (tertiary/aromatic N) is 1. The first-order chi connectivity index (χ1) is 9.63. The van der Waals surface area contributed by atoms with Gasteiger partial charge in [-0.05, 0) is 62.2 Å². The van der Waals surface area contributed by atoms with Crippen molar-refractivity contribution in [1.29, 1.82) is 0 Å². The molecule has 1 N–H and O–H groups in total. The fourth-order valence-electron chi connectivity index (χ4n) is 5.31. The summed E-state index contributed by atoms with van der Waals surface area (Å²) in [6.45, 7) is 5.54. The molecule has 1 aromatic rings. The van der Waals surface area contributed by atoms with Gasteiger partial charge in [0, 0.05) is 17.3 Å². The van der Waals surface area contributed by atoms with E-state index in [-0.39, 0.29) is 0 Å². The third-order valence-corrected chi connectivity index (χ3v) is 6.55. The lowest BCUT2D eigenvalue weighted by atomic mass is 9.49. The van der Waals surface area contributed by atoms with E-state index in [1.54, 1.807) is 0 Å². The van der Waals surface area contributed by atoms with Gasteiger partial charge in [0.05, 0.1) is 5.69 Å². The second-order valence-electron chi connectivity index (χ2n) is 8.01. The molecule has 20 heavy (non-hydrogen) atoms. The monoisotopic (exact) mass is 290 g/mol. The van der Waals surface area contributed by atoms with Crippen molar-refractivity contribution in [2.24, 2.45) is 23.7 Å². The smallest absolute Gasteiger partial charge is 0.182 e. The van der Waals surface area contributed by atoms with Crippen molar-refractivity contribution in [1.82, 2.24) is 4.98 Å². The molecule has 0 saturated heterocycles. The maximum Gasteiger partial charge on any atom is 0.182 e. The van der Waals surface area contributed by atoms with Gasteiger partial charge in [0.15, 0.2) is 5.13 Å². The van der Waals surface area contributed by atoms with Crippen LogP contribution < -0.4 is 5.32 Å². The molecular formula is C17H26N2S. The summed E-state index contributed by atoms with van der Waals surface area (Å²) in [4.78, 5) is 4.98. The molecule has 0 amide bonds. The zero-order valence-electron chi connectivity index (χ0n) is 12.7. The van der Waals surface area contributed by atoms with Crippen LogP contribution in [0.4, 0.5) is 5.13 Å². The highest BCUT2D eigenvalue weighted by atomic mass is 32.1. The van der Waals surface area contributed by atoms with E-state index in [0.717, 1.165) is 29.4 Å². The topological polar surface area (TPSA) is 24.9 Å². The summed E-state index contributed by atoms with van der Waals surface area (Å²) in [6.07, 6.45) is 8.82. The van der Waals surface area contributed by atoms with Gasteiger partial charge < -0.3 is 5.32 Å². The molecule has 0 atom stereocenters. The SMILES string of the molecule is CC(C)CNc1nc(C23CC4CC(CC(C4)C2)C3)cs1. The quantitative estimate of drug-likeness (QED) is 0.871. The zero-order valence-corrected chi connectivity index (χ0v) is 13.5. The molecule has 110 valence electrons. The van der Waals surface area contributed by atoms with E-state index in [1.165, 1.54) is 44.2 Å². The summed E-state index contributed by atoms with van der Waals surface area (Å²) in [5.41, 5.74) is 1.89. The molecule has 0 radical (unpaired) electrons. The van der Waals surface area contributed by atoms with Gasteiger partial charge in [-0.15, -0.1) is 11.3 Å². The maximum absolute atomic E-state index is 4.98. The Bertz CT molecular complexity index is 456. The number of thiazole rings is 1. The largest absolute Gasteiger partial charge is 0.361 e. The van der Waals surface area contributed by atoms with Crippen LogP contribution in [0, 0.1) is 23.7 Å². The Kier molecular flexibility index (Phi) is 3.10. The molecule has 5 rings (SSSR count). The maximum atomic E-state index is 4.98. The Morgan fingerprint density at radius 2 is 1.80 bits per heavy atom. The minimum absolute atomic E-state index is 0.461. The van der Waals surface area contributed by atoms with Crippen LogP contribution >= 0.6 is 11.3 Å². The normalized spacial score (nSPS) is 38.6. The molecule has 1 heterocycles.